The first-order valence-electron chi connectivity index (χ1n) is 7.10. The number of carbonyl (C=O) groups excluding carboxylic acids is 1. The second kappa shape index (κ2) is 6.62. The number of carbonyl (C=O) groups is 1. The van der Waals surface area contributed by atoms with E-state index < -0.39 is 0 Å². The van der Waals surface area contributed by atoms with Crippen LogP contribution in [0.3, 0.4) is 0 Å². The highest BCUT2D eigenvalue weighted by atomic mass is 35.5. The molecule has 0 aliphatic rings. The molecule has 0 saturated carbocycles. The molecule has 0 saturated heterocycles. The molecule has 3 rings (SSSR count). The molecule has 6 heteroatoms. The van der Waals surface area contributed by atoms with E-state index in [4.69, 9.17) is 11.6 Å². The predicted molar refractivity (Wildman–Crippen MR) is 89.1 cm³/mol. The number of nitrogens with one attached hydrogen (secondary N) is 1. The van der Waals surface area contributed by atoms with Gasteiger partial charge in [0.1, 0.15) is 0 Å². The summed E-state index contributed by atoms with van der Waals surface area (Å²) in [6, 6.07) is 10.9. The molecule has 0 aliphatic heterocycles. The highest BCUT2D eigenvalue weighted by molar-refractivity contribution is 6.33. The van der Waals surface area contributed by atoms with Gasteiger partial charge in [0.2, 0.25) is 0 Å². The van der Waals surface area contributed by atoms with E-state index in [2.05, 4.69) is 15.4 Å². The minimum absolute atomic E-state index is 0.207. The minimum Gasteiger partial charge on any atom is -0.348 e. The van der Waals surface area contributed by atoms with E-state index in [1.54, 1.807) is 47.5 Å². The van der Waals surface area contributed by atoms with Crippen molar-refractivity contribution in [2.24, 2.45) is 7.05 Å². The number of benzene rings is 1. The monoisotopic (exact) mass is 326 g/mol. The van der Waals surface area contributed by atoms with E-state index in [9.17, 15) is 4.79 Å². The Hall–Kier alpha value is -2.66. The molecule has 0 bridgehead atoms. The molecule has 0 unspecified atom stereocenters. The summed E-state index contributed by atoms with van der Waals surface area (Å²) in [6.07, 6.45) is 5.24. The predicted octanol–water partition coefficient (Wildman–Crippen LogP) is 3.07. The van der Waals surface area contributed by atoms with Crippen molar-refractivity contribution in [3.05, 3.63) is 71.1 Å². The van der Waals surface area contributed by atoms with Gasteiger partial charge in [0.25, 0.3) is 5.91 Å². The Bertz CT molecular complexity index is 844. The number of halogens is 1. The van der Waals surface area contributed by atoms with Gasteiger partial charge in [-0.1, -0.05) is 23.7 Å². The number of amides is 1. The van der Waals surface area contributed by atoms with Gasteiger partial charge in [0.05, 0.1) is 16.3 Å². The number of rotatable bonds is 4. The van der Waals surface area contributed by atoms with Crippen LogP contribution in [0.1, 0.15) is 15.9 Å². The SMILES string of the molecule is Cn1nccc1-c1cncc(CNC(=O)c2ccccc2Cl)c1. The van der Waals surface area contributed by atoms with Crippen LogP contribution in [-0.2, 0) is 13.6 Å². The summed E-state index contributed by atoms with van der Waals surface area (Å²) in [6.45, 7) is 0.378. The molecule has 1 aromatic carbocycles. The lowest BCUT2D eigenvalue weighted by molar-refractivity contribution is 0.0951. The van der Waals surface area contributed by atoms with Crippen LogP contribution in [0, 0.1) is 0 Å². The Balaban J connectivity index is 1.73. The van der Waals surface area contributed by atoms with Crippen molar-refractivity contribution in [3.8, 4) is 11.3 Å². The summed E-state index contributed by atoms with van der Waals surface area (Å²) in [5, 5.41) is 7.44. The normalized spacial score (nSPS) is 10.5. The molecule has 0 fully saturated rings. The summed E-state index contributed by atoms with van der Waals surface area (Å²) in [5.41, 5.74) is 3.29. The van der Waals surface area contributed by atoms with E-state index in [-0.39, 0.29) is 5.91 Å². The zero-order chi connectivity index (χ0) is 16.2. The summed E-state index contributed by atoms with van der Waals surface area (Å²) in [7, 11) is 1.88. The molecule has 0 atom stereocenters. The number of hydrogen-bond donors (Lipinski definition) is 1. The Morgan fingerprint density at radius 2 is 2.09 bits per heavy atom. The van der Waals surface area contributed by atoms with Gasteiger partial charge < -0.3 is 5.32 Å². The highest BCUT2D eigenvalue weighted by Gasteiger charge is 2.10. The molecule has 1 N–H and O–H groups in total. The smallest absolute Gasteiger partial charge is 0.253 e. The zero-order valence-electron chi connectivity index (χ0n) is 12.5. The van der Waals surface area contributed by atoms with Crippen molar-refractivity contribution >= 4 is 17.5 Å². The maximum absolute atomic E-state index is 12.2. The van der Waals surface area contributed by atoms with Crippen LogP contribution in [-0.4, -0.2) is 20.7 Å². The third kappa shape index (κ3) is 3.40. The third-order valence-corrected chi connectivity index (χ3v) is 3.81. The number of hydrogen-bond acceptors (Lipinski definition) is 3. The van der Waals surface area contributed by atoms with Crippen LogP contribution in [0.25, 0.3) is 11.3 Å². The van der Waals surface area contributed by atoms with Crippen molar-refractivity contribution in [2.75, 3.05) is 0 Å². The lowest BCUT2D eigenvalue weighted by atomic mass is 10.1. The molecule has 1 amide bonds. The molecular weight excluding hydrogens is 312 g/mol. The molecule has 0 radical (unpaired) electrons. The maximum Gasteiger partial charge on any atom is 0.253 e. The second-order valence-electron chi connectivity index (χ2n) is 5.08. The van der Waals surface area contributed by atoms with Crippen LogP contribution < -0.4 is 5.32 Å². The number of nitrogens with zero attached hydrogens (tertiary/aromatic N) is 3. The molecule has 116 valence electrons. The van der Waals surface area contributed by atoms with Gasteiger partial charge in [-0.2, -0.15) is 5.10 Å². The topological polar surface area (TPSA) is 59.8 Å². The summed E-state index contributed by atoms with van der Waals surface area (Å²) < 4.78 is 1.78. The van der Waals surface area contributed by atoms with Crippen molar-refractivity contribution in [1.29, 1.82) is 0 Å². The van der Waals surface area contributed by atoms with Crippen molar-refractivity contribution in [1.82, 2.24) is 20.1 Å². The van der Waals surface area contributed by atoms with Crippen LogP contribution >= 0.6 is 11.6 Å². The standard InChI is InChI=1S/C17H15ClN4O/c1-22-16(6-7-21-22)13-8-12(9-19-11-13)10-20-17(23)14-4-2-3-5-15(14)18/h2-9,11H,10H2,1H3,(H,20,23). The average molecular weight is 327 g/mol. The van der Waals surface area contributed by atoms with Crippen LogP contribution in [0.2, 0.25) is 5.02 Å². The van der Waals surface area contributed by atoms with E-state index in [1.807, 2.05) is 19.2 Å². The summed E-state index contributed by atoms with van der Waals surface area (Å²) >= 11 is 6.03. The Labute approximate surface area is 138 Å². The van der Waals surface area contributed by atoms with Crippen LogP contribution in [0.4, 0.5) is 0 Å². The molecule has 23 heavy (non-hydrogen) atoms. The number of pyridine rings is 1. The number of aryl methyl sites for hydroxylation is 1. The van der Waals surface area contributed by atoms with Gasteiger partial charge in [0.15, 0.2) is 0 Å². The second-order valence-corrected chi connectivity index (χ2v) is 5.49. The zero-order valence-corrected chi connectivity index (χ0v) is 13.3. The molecular formula is C17H15ClN4O. The van der Waals surface area contributed by atoms with Gasteiger partial charge in [0, 0.05) is 37.7 Å². The fraction of sp³-hybridized carbons (Fsp3) is 0.118. The van der Waals surface area contributed by atoms with Gasteiger partial charge in [-0.15, -0.1) is 0 Å². The van der Waals surface area contributed by atoms with Crippen molar-refractivity contribution < 1.29 is 4.79 Å². The fourth-order valence-corrected chi connectivity index (χ4v) is 2.53. The first kappa shape index (κ1) is 15.2. The van der Waals surface area contributed by atoms with Gasteiger partial charge in [-0.05, 0) is 29.8 Å². The third-order valence-electron chi connectivity index (χ3n) is 3.48. The molecule has 3 aromatic rings. The lowest BCUT2D eigenvalue weighted by Gasteiger charge is -2.08. The van der Waals surface area contributed by atoms with Crippen molar-refractivity contribution in [3.63, 3.8) is 0 Å². The average Bonchev–Trinajstić information content (AvgIpc) is 2.99. The fourth-order valence-electron chi connectivity index (χ4n) is 2.30. The number of aromatic nitrogens is 3. The summed E-state index contributed by atoms with van der Waals surface area (Å²) in [5.74, 6) is -0.207. The van der Waals surface area contributed by atoms with E-state index in [1.165, 1.54) is 0 Å². The Kier molecular flexibility index (Phi) is 4.39. The van der Waals surface area contributed by atoms with E-state index in [0.717, 1.165) is 16.8 Å². The van der Waals surface area contributed by atoms with Gasteiger partial charge in [-0.3, -0.25) is 14.5 Å². The van der Waals surface area contributed by atoms with Gasteiger partial charge >= 0.3 is 0 Å². The van der Waals surface area contributed by atoms with Crippen LogP contribution in [0.5, 0.6) is 0 Å². The molecule has 0 spiro atoms. The molecule has 2 aromatic heterocycles. The molecule has 5 nitrogen and oxygen atoms in total. The van der Waals surface area contributed by atoms with E-state index in [0.29, 0.717) is 17.1 Å². The summed E-state index contributed by atoms with van der Waals surface area (Å²) in [4.78, 5) is 16.4. The largest absolute Gasteiger partial charge is 0.348 e. The Morgan fingerprint density at radius 3 is 2.83 bits per heavy atom. The minimum atomic E-state index is -0.207. The molecule has 0 aliphatic carbocycles. The first-order chi connectivity index (χ1) is 11.1. The lowest BCUT2D eigenvalue weighted by Crippen LogP contribution is -2.23. The highest BCUT2D eigenvalue weighted by Crippen LogP contribution is 2.18. The van der Waals surface area contributed by atoms with Crippen LogP contribution in [0.15, 0.2) is 55.0 Å². The first-order valence-corrected chi connectivity index (χ1v) is 7.48. The van der Waals surface area contributed by atoms with Crippen molar-refractivity contribution in [2.45, 2.75) is 6.54 Å². The Morgan fingerprint density at radius 1 is 1.26 bits per heavy atom. The maximum atomic E-state index is 12.2. The van der Waals surface area contributed by atoms with E-state index >= 15 is 0 Å². The quantitative estimate of drug-likeness (QED) is 0.801. The molecule has 2 heterocycles. The van der Waals surface area contributed by atoms with Gasteiger partial charge in [-0.25, -0.2) is 0 Å².